The van der Waals surface area contributed by atoms with E-state index in [2.05, 4.69) is 4.98 Å². The highest BCUT2D eigenvalue weighted by Gasteiger charge is 2.09. The summed E-state index contributed by atoms with van der Waals surface area (Å²) in [5.74, 6) is -0.260. The largest absolute Gasteiger partial charge is 0.333 e. The molecular formula is C7H6N2O2S. The summed E-state index contributed by atoms with van der Waals surface area (Å²) < 4.78 is 1.13. The zero-order chi connectivity index (χ0) is 8.72. The summed E-state index contributed by atoms with van der Waals surface area (Å²) in [5.41, 5.74) is 0.307. The lowest BCUT2D eigenvalue weighted by Crippen LogP contribution is -2.21. The molecule has 0 saturated carbocycles. The summed E-state index contributed by atoms with van der Waals surface area (Å²) >= 11 is 1.41. The van der Waals surface area contributed by atoms with Gasteiger partial charge < -0.3 is 0 Å². The first-order chi connectivity index (χ1) is 5.70. The Morgan fingerprint density at radius 3 is 3.08 bits per heavy atom. The third-order valence-electron chi connectivity index (χ3n) is 1.62. The Labute approximate surface area is 71.4 Å². The number of aromatic amines is 1. The molecule has 0 saturated heterocycles. The molecule has 5 heteroatoms. The number of hydrogen-bond donors (Lipinski definition) is 1. The maximum absolute atomic E-state index is 11.1. The van der Waals surface area contributed by atoms with Crippen molar-refractivity contribution in [1.82, 2.24) is 9.55 Å². The smallest absolute Gasteiger partial charge is 0.297 e. The molecule has 0 unspecified atom stereocenters. The molecule has 1 N–H and O–H groups in total. The molecule has 62 valence electrons. The predicted octanol–water partition coefficient (Wildman–Crippen LogP) is 1.05. The average Bonchev–Trinajstić information content (AvgIpc) is 2.44. The first-order valence-electron chi connectivity index (χ1n) is 3.39. The van der Waals surface area contributed by atoms with Crippen LogP contribution in [0.15, 0.2) is 16.2 Å². The summed E-state index contributed by atoms with van der Waals surface area (Å²) in [6.07, 6.45) is 0. The predicted molar refractivity (Wildman–Crippen MR) is 46.7 cm³/mol. The highest BCUT2D eigenvalue weighted by Crippen LogP contribution is 2.15. The number of rotatable bonds is 0. The Balaban J connectivity index is 2.94. The van der Waals surface area contributed by atoms with E-state index in [-0.39, 0.29) is 11.6 Å². The first-order valence-corrected chi connectivity index (χ1v) is 4.27. The quantitative estimate of drug-likeness (QED) is 0.662. The molecule has 2 heterocycles. The molecule has 0 aliphatic carbocycles. The van der Waals surface area contributed by atoms with Crippen LogP contribution < -0.4 is 5.69 Å². The van der Waals surface area contributed by atoms with Gasteiger partial charge in [0.2, 0.25) is 5.91 Å². The number of hydrogen-bond acceptors (Lipinski definition) is 3. The number of H-pyrrole nitrogens is 1. The maximum atomic E-state index is 11.1. The molecule has 0 amide bonds. The molecule has 12 heavy (non-hydrogen) atoms. The Kier molecular flexibility index (Phi) is 1.41. The van der Waals surface area contributed by atoms with Gasteiger partial charge in [-0.25, -0.2) is 9.36 Å². The normalized spacial score (nSPS) is 10.8. The van der Waals surface area contributed by atoms with Crippen LogP contribution >= 0.6 is 11.3 Å². The fourth-order valence-corrected chi connectivity index (χ4v) is 1.91. The van der Waals surface area contributed by atoms with Gasteiger partial charge >= 0.3 is 5.69 Å². The number of carbonyl (C=O) groups is 1. The van der Waals surface area contributed by atoms with Gasteiger partial charge in [0, 0.05) is 6.92 Å². The molecule has 0 radical (unpaired) electrons. The zero-order valence-electron chi connectivity index (χ0n) is 6.33. The van der Waals surface area contributed by atoms with Gasteiger partial charge in [-0.3, -0.25) is 9.78 Å². The summed E-state index contributed by atoms with van der Waals surface area (Å²) in [4.78, 5) is 25.5. The van der Waals surface area contributed by atoms with Crippen molar-refractivity contribution in [2.75, 3.05) is 0 Å². The summed E-state index contributed by atoms with van der Waals surface area (Å²) in [6, 6.07) is 1.75. The number of carbonyl (C=O) groups excluding carboxylic acids is 1. The van der Waals surface area contributed by atoms with Gasteiger partial charge in [-0.15, -0.1) is 11.3 Å². The van der Waals surface area contributed by atoms with Crippen LogP contribution in [0.1, 0.15) is 11.7 Å². The average molecular weight is 182 g/mol. The van der Waals surface area contributed by atoms with Gasteiger partial charge in [-0.1, -0.05) is 0 Å². The second-order valence-corrected chi connectivity index (χ2v) is 3.34. The van der Waals surface area contributed by atoms with Crippen LogP contribution in [0, 0.1) is 0 Å². The van der Waals surface area contributed by atoms with Crippen molar-refractivity contribution in [2.24, 2.45) is 0 Å². The van der Waals surface area contributed by atoms with Crippen molar-refractivity contribution < 1.29 is 4.79 Å². The first kappa shape index (κ1) is 7.30. The Morgan fingerprint density at radius 2 is 2.42 bits per heavy atom. The third kappa shape index (κ3) is 0.831. The number of aromatic nitrogens is 2. The fraction of sp³-hybridized carbons (Fsp3) is 0.143. The number of nitrogens with one attached hydrogen (secondary N) is 1. The molecule has 0 aromatic carbocycles. The standard InChI is InChI=1S/C7H6N2O2S/c1-4(10)9-5-2-3-12-6(5)8-7(9)11/h2-3H,1H3,(H,8,11). The van der Waals surface area contributed by atoms with Crippen LogP contribution in [-0.4, -0.2) is 15.5 Å². The minimum atomic E-state index is -0.357. The zero-order valence-corrected chi connectivity index (χ0v) is 7.14. The van der Waals surface area contributed by atoms with Gasteiger partial charge in [0.1, 0.15) is 4.83 Å². The lowest BCUT2D eigenvalue weighted by Gasteiger charge is -1.90. The van der Waals surface area contributed by atoms with Crippen molar-refractivity contribution in [3.8, 4) is 0 Å². The van der Waals surface area contributed by atoms with Crippen LogP contribution in [0.3, 0.4) is 0 Å². The number of imidazole rings is 1. The van der Waals surface area contributed by atoms with E-state index in [0.717, 1.165) is 9.40 Å². The van der Waals surface area contributed by atoms with E-state index >= 15 is 0 Å². The molecule has 0 aliphatic heterocycles. The number of nitrogens with zero attached hydrogens (tertiary/aromatic N) is 1. The highest BCUT2D eigenvalue weighted by atomic mass is 32.1. The van der Waals surface area contributed by atoms with E-state index < -0.39 is 0 Å². The number of thiophene rings is 1. The molecular weight excluding hydrogens is 176 g/mol. The number of fused-ring (bicyclic) bond motifs is 1. The van der Waals surface area contributed by atoms with Crippen LogP contribution in [0.2, 0.25) is 0 Å². The summed E-state index contributed by atoms with van der Waals surface area (Å²) in [7, 11) is 0. The maximum Gasteiger partial charge on any atom is 0.333 e. The molecule has 0 atom stereocenters. The van der Waals surface area contributed by atoms with Crippen molar-refractivity contribution in [3.63, 3.8) is 0 Å². The highest BCUT2D eigenvalue weighted by molar-refractivity contribution is 7.16. The molecule has 0 fully saturated rings. The molecule has 0 aliphatic rings. The van der Waals surface area contributed by atoms with Crippen molar-refractivity contribution in [3.05, 3.63) is 21.9 Å². The van der Waals surface area contributed by atoms with Gasteiger partial charge in [-0.05, 0) is 11.4 Å². The van der Waals surface area contributed by atoms with Gasteiger partial charge in [0.05, 0.1) is 5.52 Å². The van der Waals surface area contributed by atoms with Crippen LogP contribution in [0.5, 0.6) is 0 Å². The van der Waals surface area contributed by atoms with Crippen molar-refractivity contribution in [1.29, 1.82) is 0 Å². The molecule has 2 aromatic rings. The van der Waals surface area contributed by atoms with Gasteiger partial charge in [-0.2, -0.15) is 0 Å². The molecule has 0 spiro atoms. The van der Waals surface area contributed by atoms with Gasteiger partial charge in [0.25, 0.3) is 0 Å². The molecule has 4 nitrogen and oxygen atoms in total. The second kappa shape index (κ2) is 2.31. The second-order valence-electron chi connectivity index (χ2n) is 2.42. The minimum Gasteiger partial charge on any atom is -0.297 e. The van der Waals surface area contributed by atoms with Crippen molar-refractivity contribution in [2.45, 2.75) is 6.92 Å². The lowest BCUT2D eigenvalue weighted by atomic mass is 10.5. The topological polar surface area (TPSA) is 54.9 Å². The van der Waals surface area contributed by atoms with Crippen LogP contribution in [0.25, 0.3) is 10.3 Å². The fourth-order valence-electron chi connectivity index (χ4n) is 1.15. The lowest BCUT2D eigenvalue weighted by molar-refractivity contribution is 0.0937. The van der Waals surface area contributed by atoms with E-state index in [1.165, 1.54) is 18.3 Å². The van der Waals surface area contributed by atoms with Gasteiger partial charge in [0.15, 0.2) is 0 Å². The summed E-state index contributed by atoms with van der Waals surface area (Å²) in [6.45, 7) is 1.37. The SMILES string of the molecule is CC(=O)n1c(=O)[nH]c2sccc21. The van der Waals surface area contributed by atoms with E-state index in [1.54, 1.807) is 6.07 Å². The third-order valence-corrected chi connectivity index (χ3v) is 2.44. The Morgan fingerprint density at radius 1 is 1.67 bits per heavy atom. The Hall–Kier alpha value is -1.36. The van der Waals surface area contributed by atoms with E-state index in [4.69, 9.17) is 0 Å². The van der Waals surface area contributed by atoms with Crippen LogP contribution in [0.4, 0.5) is 0 Å². The van der Waals surface area contributed by atoms with Crippen LogP contribution in [-0.2, 0) is 0 Å². The van der Waals surface area contributed by atoms with E-state index in [9.17, 15) is 9.59 Å². The molecule has 2 rings (SSSR count). The monoisotopic (exact) mass is 182 g/mol. The summed E-state index contributed by atoms with van der Waals surface area (Å²) in [5, 5.41) is 1.83. The minimum absolute atomic E-state index is 0.260. The molecule has 2 aromatic heterocycles. The van der Waals surface area contributed by atoms with E-state index in [0.29, 0.717) is 5.52 Å². The Bertz CT molecular complexity index is 491. The van der Waals surface area contributed by atoms with E-state index in [1.807, 2.05) is 5.38 Å². The molecule has 0 bridgehead atoms. The van der Waals surface area contributed by atoms with Crippen molar-refractivity contribution >= 4 is 27.6 Å².